The van der Waals surface area contributed by atoms with Gasteiger partial charge >= 0.3 is 0 Å². The summed E-state index contributed by atoms with van der Waals surface area (Å²) >= 11 is 0. The molecule has 0 radical (unpaired) electrons. The normalized spacial score (nSPS) is 14.0. The van der Waals surface area contributed by atoms with Gasteiger partial charge in [0.1, 0.15) is 11.2 Å². The first-order valence-electron chi connectivity index (χ1n) is 20.1. The van der Waals surface area contributed by atoms with Crippen molar-refractivity contribution in [2.24, 2.45) is 0 Å². The Morgan fingerprint density at radius 2 is 1.05 bits per heavy atom. The van der Waals surface area contributed by atoms with Crippen LogP contribution < -0.4 is 4.90 Å². The summed E-state index contributed by atoms with van der Waals surface area (Å²) in [6.07, 6.45) is 7.95. The van der Waals surface area contributed by atoms with Crippen LogP contribution in [0, 0.1) is 0 Å². The van der Waals surface area contributed by atoms with E-state index in [1.54, 1.807) is 0 Å². The minimum absolute atomic E-state index is 0.0813. The summed E-state index contributed by atoms with van der Waals surface area (Å²) < 4.78 is 6.79. The van der Waals surface area contributed by atoms with Crippen LogP contribution in [-0.2, 0) is 0 Å². The molecule has 1 atom stereocenters. The van der Waals surface area contributed by atoms with Crippen molar-refractivity contribution in [1.29, 1.82) is 0 Å². The number of allylic oxidation sites excluding steroid dienone is 2. The highest BCUT2D eigenvalue weighted by molar-refractivity contribution is 6.14. The Hall–Kier alpha value is -7.42. The van der Waals surface area contributed by atoms with Crippen LogP contribution in [0.25, 0.3) is 82.4 Å². The quantitative estimate of drug-likeness (QED) is 0.162. The molecule has 11 rings (SSSR count). The van der Waals surface area contributed by atoms with Crippen molar-refractivity contribution >= 4 is 60.4 Å². The fourth-order valence-electron chi connectivity index (χ4n) is 8.82. The molecule has 1 aromatic heterocycles. The van der Waals surface area contributed by atoms with Gasteiger partial charge in [0.15, 0.2) is 0 Å². The molecule has 1 heterocycles. The monoisotopic (exact) mass is 741 g/mol. The van der Waals surface area contributed by atoms with Crippen LogP contribution in [0.2, 0.25) is 0 Å². The molecule has 58 heavy (non-hydrogen) atoms. The van der Waals surface area contributed by atoms with Gasteiger partial charge in [0.25, 0.3) is 0 Å². The summed E-state index contributed by atoms with van der Waals surface area (Å²) in [6.45, 7) is 0. The Bertz CT molecular complexity index is 3200. The zero-order valence-electron chi connectivity index (χ0n) is 31.9. The predicted molar refractivity (Wildman–Crippen MR) is 246 cm³/mol. The van der Waals surface area contributed by atoms with Gasteiger partial charge in [0.2, 0.25) is 0 Å². The second kappa shape index (κ2) is 14.3. The Morgan fingerprint density at radius 1 is 0.431 bits per heavy atom. The van der Waals surface area contributed by atoms with Crippen molar-refractivity contribution in [3.8, 4) is 33.4 Å². The molecule has 274 valence electrons. The first-order chi connectivity index (χ1) is 28.7. The number of rotatable bonds is 7. The molecule has 2 heteroatoms. The predicted octanol–water partition coefficient (Wildman–Crippen LogP) is 15.4. The number of benzene rings is 9. The molecule has 0 spiro atoms. The lowest BCUT2D eigenvalue weighted by Gasteiger charge is -2.35. The molecule has 0 aliphatic heterocycles. The first-order valence-corrected chi connectivity index (χ1v) is 20.1. The maximum atomic E-state index is 6.79. The molecular weight excluding hydrogens is 703 g/mol. The van der Waals surface area contributed by atoms with Gasteiger partial charge in [-0.05, 0) is 104 Å². The Kier molecular flexibility index (Phi) is 8.33. The second-order valence-electron chi connectivity index (χ2n) is 15.2. The maximum Gasteiger partial charge on any atom is 0.143 e. The number of fused-ring (bicyclic) bond motifs is 5. The minimum Gasteiger partial charge on any atom is -0.455 e. The molecule has 2 nitrogen and oxygen atoms in total. The van der Waals surface area contributed by atoms with Crippen LogP contribution in [0.1, 0.15) is 12.0 Å². The molecular formula is C56H39NO. The van der Waals surface area contributed by atoms with E-state index in [0.717, 1.165) is 50.9 Å². The van der Waals surface area contributed by atoms with Gasteiger partial charge in [0.05, 0.1) is 6.04 Å². The van der Waals surface area contributed by atoms with Crippen molar-refractivity contribution in [3.05, 3.63) is 224 Å². The smallest absolute Gasteiger partial charge is 0.143 e. The van der Waals surface area contributed by atoms with E-state index in [4.69, 9.17) is 4.42 Å². The Morgan fingerprint density at radius 3 is 1.83 bits per heavy atom. The molecule has 0 fully saturated rings. The van der Waals surface area contributed by atoms with Crippen LogP contribution >= 0.6 is 0 Å². The van der Waals surface area contributed by atoms with Crippen molar-refractivity contribution in [1.82, 2.24) is 0 Å². The maximum absolute atomic E-state index is 6.79. The molecule has 0 saturated heterocycles. The van der Waals surface area contributed by atoms with Gasteiger partial charge in [-0.25, -0.2) is 0 Å². The standard InChI is InChI=1S/C56H39NO/c1-2-12-38(13-3-1)43-18-10-19-44(34-43)40-26-30-48(31-27-40)57(49-32-28-41(29-33-49)47-25-24-39-14-4-5-15-42(39)35-47)54-23-9-8-20-50(54)51-21-11-22-52-53-36-45-16-6-7-17-46(45)37-55(53)58-56(51)52/h1-32,34-37,49H,33H2. The van der Waals surface area contributed by atoms with Gasteiger partial charge in [-0.1, -0.05) is 176 Å². The highest BCUT2D eigenvalue weighted by atomic mass is 16.3. The van der Waals surface area contributed by atoms with E-state index in [9.17, 15) is 0 Å². The van der Waals surface area contributed by atoms with E-state index < -0.39 is 0 Å². The fraction of sp³-hybridized carbons (Fsp3) is 0.0357. The zero-order chi connectivity index (χ0) is 38.4. The molecule has 10 aromatic rings. The van der Waals surface area contributed by atoms with Gasteiger partial charge in [-0.15, -0.1) is 0 Å². The van der Waals surface area contributed by atoms with Gasteiger partial charge in [-0.2, -0.15) is 0 Å². The molecule has 0 N–H and O–H groups in total. The fourth-order valence-corrected chi connectivity index (χ4v) is 8.82. The average Bonchev–Trinajstić information content (AvgIpc) is 3.67. The average molecular weight is 742 g/mol. The summed E-state index contributed by atoms with van der Waals surface area (Å²) in [5.74, 6) is 0. The SMILES string of the molecule is C1=CC(N(c2ccc(-c3cccc(-c4ccccc4)c3)cc2)c2ccccc2-c2cccc3c2oc2cc4ccccc4cc23)CC=C1c1ccc2ccccc2c1. The second-order valence-corrected chi connectivity index (χ2v) is 15.2. The van der Waals surface area contributed by atoms with Crippen LogP contribution in [0.5, 0.6) is 0 Å². The Labute approximate surface area is 338 Å². The third-order valence-corrected chi connectivity index (χ3v) is 11.8. The largest absolute Gasteiger partial charge is 0.455 e. The molecule has 0 amide bonds. The van der Waals surface area contributed by atoms with E-state index in [0.29, 0.717) is 0 Å². The third kappa shape index (κ3) is 6.07. The van der Waals surface area contributed by atoms with Crippen LogP contribution in [0.15, 0.2) is 223 Å². The topological polar surface area (TPSA) is 16.4 Å². The van der Waals surface area contributed by atoms with Gasteiger partial charge < -0.3 is 9.32 Å². The zero-order valence-corrected chi connectivity index (χ0v) is 31.9. The number of nitrogens with zero attached hydrogens (tertiary/aromatic N) is 1. The van der Waals surface area contributed by atoms with Crippen molar-refractivity contribution < 1.29 is 4.42 Å². The summed E-state index contributed by atoms with van der Waals surface area (Å²) in [5, 5.41) is 7.17. The van der Waals surface area contributed by atoms with E-state index in [-0.39, 0.29) is 6.04 Å². The van der Waals surface area contributed by atoms with Gasteiger partial charge in [-0.3, -0.25) is 0 Å². The summed E-state index contributed by atoms with van der Waals surface area (Å²) in [4.78, 5) is 2.51. The highest BCUT2D eigenvalue weighted by Gasteiger charge is 2.25. The minimum atomic E-state index is 0.0813. The molecule has 1 unspecified atom stereocenters. The van der Waals surface area contributed by atoms with E-state index >= 15 is 0 Å². The van der Waals surface area contributed by atoms with E-state index in [2.05, 4.69) is 223 Å². The lowest BCUT2D eigenvalue weighted by molar-refractivity contribution is 0.670. The molecule has 1 aliphatic rings. The van der Waals surface area contributed by atoms with Crippen LogP contribution in [0.3, 0.4) is 0 Å². The summed E-state index contributed by atoms with van der Waals surface area (Å²) in [7, 11) is 0. The molecule has 9 aromatic carbocycles. The van der Waals surface area contributed by atoms with Crippen molar-refractivity contribution in [2.75, 3.05) is 4.90 Å². The number of furan rings is 1. The molecule has 0 bridgehead atoms. The number of anilines is 2. The van der Waals surface area contributed by atoms with Gasteiger partial charge in [0, 0.05) is 33.3 Å². The van der Waals surface area contributed by atoms with E-state index in [1.807, 2.05) is 0 Å². The molecule has 0 saturated carbocycles. The van der Waals surface area contributed by atoms with E-state index in [1.165, 1.54) is 54.9 Å². The lowest BCUT2D eigenvalue weighted by atomic mass is 9.93. The Balaban J connectivity index is 1.02. The number of hydrogen-bond acceptors (Lipinski definition) is 2. The highest BCUT2D eigenvalue weighted by Crippen LogP contribution is 2.44. The summed E-state index contributed by atoms with van der Waals surface area (Å²) in [6, 6.07) is 72.3. The number of para-hydroxylation sites is 2. The van der Waals surface area contributed by atoms with Crippen LogP contribution in [-0.4, -0.2) is 6.04 Å². The third-order valence-electron chi connectivity index (χ3n) is 11.8. The van der Waals surface area contributed by atoms with Crippen LogP contribution in [0.4, 0.5) is 11.4 Å². The molecule has 1 aliphatic carbocycles. The summed E-state index contributed by atoms with van der Waals surface area (Å²) in [5.41, 5.74) is 13.6. The first kappa shape index (κ1) is 33.9. The van der Waals surface area contributed by atoms with Crippen molar-refractivity contribution in [2.45, 2.75) is 12.5 Å². The number of hydrogen-bond donors (Lipinski definition) is 0. The lowest BCUT2D eigenvalue weighted by Crippen LogP contribution is -2.30. The van der Waals surface area contributed by atoms with Crippen molar-refractivity contribution in [3.63, 3.8) is 0 Å².